The average Bonchev–Trinajstić information content (AvgIpc) is 3.02. The van der Waals surface area contributed by atoms with Crippen molar-refractivity contribution in [3.05, 3.63) is 57.8 Å². The van der Waals surface area contributed by atoms with Gasteiger partial charge in [-0.3, -0.25) is 9.78 Å². The minimum absolute atomic E-state index is 0.269. The molecule has 0 unspecified atom stereocenters. The Kier molecular flexibility index (Phi) is 4.70. The summed E-state index contributed by atoms with van der Waals surface area (Å²) in [5, 5.41) is 0.900. The Morgan fingerprint density at radius 2 is 1.83 bits per heavy atom. The summed E-state index contributed by atoms with van der Waals surface area (Å²) < 4.78 is 11.4. The second kappa shape index (κ2) is 6.91. The van der Waals surface area contributed by atoms with Crippen molar-refractivity contribution in [1.29, 1.82) is 0 Å². The largest absolute Gasteiger partial charge is 0.454 e. The molecule has 0 saturated carbocycles. The first kappa shape index (κ1) is 16.3. The number of primary amides is 1. The van der Waals surface area contributed by atoms with E-state index in [1.54, 1.807) is 24.4 Å². The minimum Gasteiger partial charge on any atom is -0.454 e. The average molecular weight is 435 g/mol. The van der Waals surface area contributed by atoms with E-state index in [4.69, 9.17) is 20.9 Å². The standard InChI is InChI=1S/C10H8N2O2.C7H6INO/c11-7-1-2-12-8-4-10-9(3-6(7)8)13-5-14-10;8-6-4-2-1-3-5(6)7(9)10/h1-4H,5H2,(H2,11,12);1-4H,(H2,9,10). The molecular weight excluding hydrogens is 421 g/mol. The Balaban J connectivity index is 0.000000150. The highest BCUT2D eigenvalue weighted by Crippen LogP contribution is 2.36. The molecule has 1 amide bonds. The molecule has 2 aromatic carbocycles. The van der Waals surface area contributed by atoms with Crippen LogP contribution >= 0.6 is 22.6 Å². The fraction of sp³-hybridized carbons (Fsp3) is 0.0588. The van der Waals surface area contributed by atoms with Crippen molar-refractivity contribution in [2.45, 2.75) is 0 Å². The maximum Gasteiger partial charge on any atom is 0.249 e. The number of pyridine rings is 1. The van der Waals surface area contributed by atoms with Crippen LogP contribution in [0.15, 0.2) is 48.7 Å². The van der Waals surface area contributed by atoms with Gasteiger partial charge in [0.15, 0.2) is 11.5 Å². The van der Waals surface area contributed by atoms with Gasteiger partial charge in [-0.2, -0.15) is 0 Å². The Morgan fingerprint density at radius 1 is 1.12 bits per heavy atom. The predicted octanol–water partition coefficient (Wildman–Crippen LogP) is 2.94. The highest BCUT2D eigenvalue weighted by Gasteiger charge is 2.15. The van der Waals surface area contributed by atoms with Gasteiger partial charge < -0.3 is 20.9 Å². The highest BCUT2D eigenvalue weighted by molar-refractivity contribution is 14.1. The van der Waals surface area contributed by atoms with Gasteiger partial charge in [0, 0.05) is 26.9 Å². The van der Waals surface area contributed by atoms with Crippen molar-refractivity contribution in [3.8, 4) is 11.5 Å². The van der Waals surface area contributed by atoms with E-state index in [2.05, 4.69) is 27.6 Å². The summed E-state index contributed by atoms with van der Waals surface area (Å²) >= 11 is 2.07. The third kappa shape index (κ3) is 3.35. The minimum atomic E-state index is -0.370. The maximum atomic E-state index is 10.6. The SMILES string of the molecule is NC(=O)c1ccccc1I.Nc1ccnc2cc3c(cc12)OCO3. The molecule has 0 saturated heterocycles. The van der Waals surface area contributed by atoms with Gasteiger partial charge in [-0.25, -0.2) is 0 Å². The van der Waals surface area contributed by atoms with Gasteiger partial charge >= 0.3 is 0 Å². The number of fused-ring (bicyclic) bond motifs is 2. The number of anilines is 1. The highest BCUT2D eigenvalue weighted by atomic mass is 127. The second-order valence-electron chi connectivity index (χ2n) is 4.97. The number of carbonyl (C=O) groups is 1. The third-order valence-corrected chi connectivity index (χ3v) is 4.35. The molecule has 2 heterocycles. The lowest BCUT2D eigenvalue weighted by Crippen LogP contribution is -2.12. The van der Waals surface area contributed by atoms with Crippen LogP contribution in [0.4, 0.5) is 5.69 Å². The third-order valence-electron chi connectivity index (χ3n) is 3.41. The zero-order valence-corrected chi connectivity index (χ0v) is 14.7. The number of carbonyl (C=O) groups excluding carboxylic acids is 1. The van der Waals surface area contributed by atoms with Crippen LogP contribution in [0.1, 0.15) is 10.4 Å². The van der Waals surface area contributed by atoms with Crippen LogP contribution < -0.4 is 20.9 Å². The van der Waals surface area contributed by atoms with Crippen LogP contribution in [0.2, 0.25) is 0 Å². The molecule has 24 heavy (non-hydrogen) atoms. The molecule has 0 spiro atoms. The van der Waals surface area contributed by atoms with Crippen molar-refractivity contribution in [2.24, 2.45) is 5.73 Å². The summed E-state index contributed by atoms with van der Waals surface area (Å²) in [7, 11) is 0. The summed E-state index contributed by atoms with van der Waals surface area (Å²) in [5.41, 5.74) is 13.0. The molecule has 1 aliphatic rings. The van der Waals surface area contributed by atoms with E-state index >= 15 is 0 Å². The number of nitrogen functional groups attached to an aromatic ring is 1. The first-order chi connectivity index (χ1) is 11.6. The summed E-state index contributed by atoms with van der Waals surface area (Å²) in [4.78, 5) is 14.8. The van der Waals surface area contributed by atoms with Crippen molar-refractivity contribution in [2.75, 3.05) is 12.5 Å². The van der Waals surface area contributed by atoms with E-state index in [1.807, 2.05) is 24.3 Å². The number of aromatic nitrogens is 1. The van der Waals surface area contributed by atoms with Gasteiger partial charge in [-0.05, 0) is 46.9 Å². The molecule has 1 aliphatic heterocycles. The van der Waals surface area contributed by atoms with E-state index in [1.165, 1.54) is 0 Å². The second-order valence-corrected chi connectivity index (χ2v) is 6.13. The quantitative estimate of drug-likeness (QED) is 0.573. The van der Waals surface area contributed by atoms with E-state index in [0.29, 0.717) is 11.3 Å². The summed E-state index contributed by atoms with van der Waals surface area (Å²) in [6.45, 7) is 0.269. The summed E-state index contributed by atoms with van der Waals surface area (Å²) in [6, 6.07) is 12.7. The lowest BCUT2D eigenvalue weighted by Gasteiger charge is -2.02. The fourth-order valence-corrected chi connectivity index (χ4v) is 2.87. The molecule has 0 bridgehead atoms. The van der Waals surface area contributed by atoms with Crippen LogP contribution in [0.25, 0.3) is 10.9 Å². The van der Waals surface area contributed by atoms with E-state index in [9.17, 15) is 4.79 Å². The van der Waals surface area contributed by atoms with Crippen molar-refractivity contribution in [3.63, 3.8) is 0 Å². The molecule has 4 rings (SSSR count). The lowest BCUT2D eigenvalue weighted by atomic mass is 10.1. The van der Waals surface area contributed by atoms with Gasteiger partial charge in [-0.15, -0.1) is 0 Å². The van der Waals surface area contributed by atoms with Gasteiger partial charge in [0.25, 0.3) is 0 Å². The Hall–Kier alpha value is -2.55. The number of benzene rings is 2. The first-order valence-electron chi connectivity index (χ1n) is 7.04. The van der Waals surface area contributed by atoms with E-state index < -0.39 is 0 Å². The van der Waals surface area contributed by atoms with Crippen molar-refractivity contribution >= 4 is 45.1 Å². The molecule has 6 nitrogen and oxygen atoms in total. The normalized spacial score (nSPS) is 11.7. The molecule has 1 aromatic heterocycles. The summed E-state index contributed by atoms with van der Waals surface area (Å²) in [5.74, 6) is 1.10. The van der Waals surface area contributed by atoms with Crippen LogP contribution in [-0.2, 0) is 0 Å². The molecule has 7 heteroatoms. The monoisotopic (exact) mass is 435 g/mol. The maximum absolute atomic E-state index is 10.6. The Bertz CT molecular complexity index is 915. The topological polar surface area (TPSA) is 100 Å². The molecular formula is C17H14IN3O3. The molecule has 0 atom stereocenters. The van der Waals surface area contributed by atoms with Crippen LogP contribution in [0.3, 0.4) is 0 Å². The smallest absolute Gasteiger partial charge is 0.249 e. The van der Waals surface area contributed by atoms with Gasteiger partial charge in [0.2, 0.25) is 12.7 Å². The van der Waals surface area contributed by atoms with Gasteiger partial charge in [-0.1, -0.05) is 12.1 Å². The predicted molar refractivity (Wildman–Crippen MR) is 100.0 cm³/mol. The Morgan fingerprint density at radius 3 is 2.50 bits per heavy atom. The number of hydrogen-bond acceptors (Lipinski definition) is 5. The number of rotatable bonds is 1. The zero-order chi connectivity index (χ0) is 17.1. The molecule has 122 valence electrons. The number of nitrogens with zero attached hydrogens (tertiary/aromatic N) is 1. The first-order valence-corrected chi connectivity index (χ1v) is 8.12. The van der Waals surface area contributed by atoms with Crippen LogP contribution in [0.5, 0.6) is 11.5 Å². The fourth-order valence-electron chi connectivity index (χ4n) is 2.22. The number of hydrogen-bond donors (Lipinski definition) is 2. The van der Waals surface area contributed by atoms with Gasteiger partial charge in [0.05, 0.1) is 11.1 Å². The molecule has 0 radical (unpaired) electrons. The van der Waals surface area contributed by atoms with Crippen molar-refractivity contribution < 1.29 is 14.3 Å². The Labute approximate surface area is 151 Å². The molecule has 0 fully saturated rings. The lowest BCUT2D eigenvalue weighted by molar-refractivity contribution is 0.0999. The molecule has 0 aliphatic carbocycles. The van der Waals surface area contributed by atoms with Crippen molar-refractivity contribution in [1.82, 2.24) is 4.98 Å². The number of ether oxygens (including phenoxy) is 2. The number of amides is 1. The molecule has 3 aromatic rings. The number of halogens is 1. The van der Waals surface area contributed by atoms with Crippen LogP contribution in [-0.4, -0.2) is 17.7 Å². The number of nitrogens with two attached hydrogens (primary N) is 2. The van der Waals surface area contributed by atoms with Crippen LogP contribution in [0, 0.1) is 3.57 Å². The van der Waals surface area contributed by atoms with Gasteiger partial charge in [0.1, 0.15) is 0 Å². The zero-order valence-electron chi connectivity index (χ0n) is 12.5. The van der Waals surface area contributed by atoms with E-state index in [0.717, 1.165) is 26.0 Å². The molecule has 4 N–H and O–H groups in total. The van der Waals surface area contributed by atoms with E-state index in [-0.39, 0.29) is 12.7 Å². The summed E-state index contributed by atoms with van der Waals surface area (Å²) in [6.07, 6.45) is 1.68.